The molecule has 0 heterocycles. The number of benzene rings is 4. The molecule has 5 nitrogen and oxygen atoms in total. The normalized spacial score (nSPS) is 11.0. The predicted octanol–water partition coefficient (Wildman–Crippen LogP) is 5.60. The first-order valence-corrected chi connectivity index (χ1v) is 14.2. The average Bonchev–Trinajstić information content (AvgIpc) is 2.94. The Labute approximate surface area is 230 Å². The van der Waals surface area contributed by atoms with Crippen LogP contribution in [0.5, 0.6) is 0 Å². The molecule has 4 aromatic rings. The molecule has 0 saturated heterocycles. The minimum Gasteiger partial charge on any atom is -0.478 e. The summed E-state index contributed by atoms with van der Waals surface area (Å²) in [7, 11) is 0. The zero-order valence-corrected chi connectivity index (χ0v) is 22.7. The smallest absolute Gasteiger partial charge is 0.343 e. The summed E-state index contributed by atoms with van der Waals surface area (Å²) in [4.78, 5) is 40.6. The first-order valence-electron chi connectivity index (χ1n) is 11.7. The van der Waals surface area contributed by atoms with Crippen LogP contribution in [0.2, 0.25) is 10.0 Å². The molecule has 4 rings (SSSR count). The fourth-order valence-corrected chi connectivity index (χ4v) is 9.03. The van der Waals surface area contributed by atoms with Gasteiger partial charge in [-0.2, -0.15) is 0 Å². The van der Waals surface area contributed by atoms with Gasteiger partial charge in [0.05, 0.1) is 22.2 Å². The lowest BCUT2D eigenvalue weighted by Crippen LogP contribution is -2.39. The minimum absolute atomic E-state index is 0.00806. The van der Waals surface area contributed by atoms with Gasteiger partial charge in [0.25, 0.3) is 0 Å². The standard InChI is InChI=1S/C30H23Cl2O5P/c1-2-37-30(36)28(27(33)23-18-25(31)26(32)19-24(23)29(34)35)38(20-12-6-3-7-13-20,21-14-8-4-9-15-21)22-16-10-5-11-17-22/h3-19H,2H2,1H3,(H,34,35). The summed E-state index contributed by atoms with van der Waals surface area (Å²) in [5.74, 6) is -2.99. The summed E-state index contributed by atoms with van der Waals surface area (Å²) in [6.45, 7) is -1.56. The zero-order valence-electron chi connectivity index (χ0n) is 20.3. The Morgan fingerprint density at radius 3 is 1.47 bits per heavy atom. The Balaban J connectivity index is 2.30. The highest BCUT2D eigenvalue weighted by molar-refractivity contribution is 7.97. The number of carbonyl (C=O) groups excluding carboxylic acids is 2. The maximum absolute atomic E-state index is 14.5. The van der Waals surface area contributed by atoms with Crippen molar-refractivity contribution < 1.29 is 24.2 Å². The van der Waals surface area contributed by atoms with Gasteiger partial charge in [0, 0.05) is 5.56 Å². The fourth-order valence-electron chi connectivity index (χ4n) is 4.41. The molecule has 0 bridgehead atoms. The third-order valence-corrected chi connectivity index (χ3v) is 11.0. The quantitative estimate of drug-likeness (QED) is 0.130. The van der Waals surface area contributed by atoms with Gasteiger partial charge < -0.3 is 9.84 Å². The second-order valence-corrected chi connectivity index (χ2v) is 12.3. The number of hydrogen-bond donors (Lipinski definition) is 1. The van der Waals surface area contributed by atoms with Gasteiger partial charge in [0.1, 0.15) is 5.29 Å². The highest BCUT2D eigenvalue weighted by atomic mass is 35.5. The number of carboxylic acid groups (broad SMARTS) is 1. The van der Waals surface area contributed by atoms with E-state index in [1.165, 1.54) is 6.07 Å². The highest BCUT2D eigenvalue weighted by Gasteiger charge is 2.39. The van der Waals surface area contributed by atoms with Crippen molar-refractivity contribution in [3.05, 3.63) is 124 Å². The molecule has 0 amide bonds. The van der Waals surface area contributed by atoms with Crippen LogP contribution in [0.15, 0.2) is 103 Å². The van der Waals surface area contributed by atoms with Crippen molar-refractivity contribution in [1.82, 2.24) is 0 Å². The van der Waals surface area contributed by atoms with Crippen molar-refractivity contribution >= 4 is 69.0 Å². The van der Waals surface area contributed by atoms with E-state index in [-0.39, 0.29) is 33.1 Å². The third kappa shape index (κ3) is 5.06. The van der Waals surface area contributed by atoms with Gasteiger partial charge in [-0.3, -0.25) is 4.79 Å². The van der Waals surface area contributed by atoms with Gasteiger partial charge in [0.15, 0.2) is 0 Å². The monoisotopic (exact) mass is 564 g/mol. The maximum Gasteiger partial charge on any atom is 0.343 e. The molecule has 0 unspecified atom stereocenters. The largest absolute Gasteiger partial charge is 0.478 e. The predicted molar refractivity (Wildman–Crippen MR) is 155 cm³/mol. The summed E-state index contributed by atoms with van der Waals surface area (Å²) < 4.78 is 5.50. The van der Waals surface area contributed by atoms with Crippen LogP contribution in [-0.4, -0.2) is 34.7 Å². The van der Waals surface area contributed by atoms with Gasteiger partial charge in [-0.15, -0.1) is 0 Å². The van der Waals surface area contributed by atoms with Crippen molar-refractivity contribution in [2.75, 3.05) is 6.61 Å². The van der Waals surface area contributed by atoms with E-state index in [1.54, 1.807) is 6.92 Å². The molecule has 1 N–H and O–H groups in total. The molecule has 0 aliphatic carbocycles. The second-order valence-electron chi connectivity index (χ2n) is 8.19. The van der Waals surface area contributed by atoms with Gasteiger partial charge in [-0.1, -0.05) is 114 Å². The van der Waals surface area contributed by atoms with E-state index in [9.17, 15) is 19.5 Å². The summed E-state index contributed by atoms with van der Waals surface area (Å²) >= 11 is 12.4. The Morgan fingerprint density at radius 1 is 0.711 bits per heavy atom. The van der Waals surface area contributed by atoms with E-state index in [1.807, 2.05) is 91.0 Å². The number of halogens is 2. The molecule has 0 atom stereocenters. The fraction of sp³-hybridized carbons (Fsp3) is 0.0667. The minimum atomic E-state index is -3.22. The van der Waals surface area contributed by atoms with Crippen LogP contribution in [0.25, 0.3) is 0 Å². The molecular formula is C30H23Cl2O5P. The van der Waals surface area contributed by atoms with E-state index in [0.29, 0.717) is 0 Å². The molecule has 8 heteroatoms. The topological polar surface area (TPSA) is 80.7 Å². The van der Waals surface area contributed by atoms with E-state index in [4.69, 9.17) is 27.9 Å². The summed E-state index contributed by atoms with van der Waals surface area (Å²) in [5.41, 5.74) is -0.611. The molecular weight excluding hydrogens is 542 g/mol. The summed E-state index contributed by atoms with van der Waals surface area (Å²) in [5, 5.41) is 11.9. The number of rotatable bonds is 8. The number of aromatic carboxylic acids is 1. The number of ether oxygens (including phenoxy) is 1. The lowest BCUT2D eigenvalue weighted by molar-refractivity contribution is -0.134. The second kappa shape index (κ2) is 11.8. The van der Waals surface area contributed by atoms with Crippen molar-refractivity contribution in [2.45, 2.75) is 6.92 Å². The molecule has 0 aliphatic heterocycles. The molecule has 38 heavy (non-hydrogen) atoms. The van der Waals surface area contributed by atoms with E-state index in [2.05, 4.69) is 0 Å². The lowest BCUT2D eigenvalue weighted by atomic mass is 10.0. The molecule has 0 radical (unpaired) electrons. The number of ketones is 1. The number of Topliss-reactive ketones (excluding diaryl/α,β-unsaturated/α-hetero) is 1. The number of carbonyl (C=O) groups is 3. The van der Waals surface area contributed by atoms with Crippen molar-refractivity contribution in [3.8, 4) is 0 Å². The Hall–Kier alpha value is -3.63. The lowest BCUT2D eigenvalue weighted by Gasteiger charge is -2.31. The van der Waals surface area contributed by atoms with Crippen LogP contribution < -0.4 is 15.9 Å². The molecule has 0 saturated carbocycles. The Morgan fingerprint density at radius 2 is 1.11 bits per heavy atom. The number of carboxylic acids is 1. The molecule has 0 fully saturated rings. The van der Waals surface area contributed by atoms with Crippen molar-refractivity contribution in [3.63, 3.8) is 0 Å². The summed E-state index contributed by atoms with van der Waals surface area (Å²) in [6.07, 6.45) is 0. The van der Waals surface area contributed by atoms with Gasteiger partial charge in [-0.05, 0) is 41.9 Å². The van der Waals surface area contributed by atoms with Gasteiger partial charge in [-0.25, -0.2) is 9.59 Å². The number of hydrogen-bond acceptors (Lipinski definition) is 4. The van der Waals surface area contributed by atoms with Crippen LogP contribution in [0.3, 0.4) is 0 Å². The molecule has 192 valence electrons. The van der Waals surface area contributed by atoms with Crippen LogP contribution in [0, 0.1) is 0 Å². The van der Waals surface area contributed by atoms with Crippen LogP contribution in [-0.2, 0) is 9.53 Å². The first-order chi connectivity index (χ1) is 18.3. The molecule has 0 spiro atoms. The average molecular weight is 565 g/mol. The van der Waals surface area contributed by atoms with Crippen LogP contribution in [0.1, 0.15) is 27.6 Å². The Bertz CT molecular complexity index is 1450. The van der Waals surface area contributed by atoms with Crippen molar-refractivity contribution in [2.24, 2.45) is 0 Å². The van der Waals surface area contributed by atoms with Gasteiger partial charge >= 0.3 is 11.9 Å². The maximum atomic E-state index is 14.5. The Kier molecular flexibility index (Phi) is 8.53. The molecule has 0 aliphatic rings. The zero-order chi connectivity index (χ0) is 27.3. The third-order valence-electron chi connectivity index (χ3n) is 5.99. The van der Waals surface area contributed by atoms with E-state index < -0.39 is 24.6 Å². The van der Waals surface area contributed by atoms with Crippen LogP contribution in [0.4, 0.5) is 0 Å². The van der Waals surface area contributed by atoms with Crippen molar-refractivity contribution in [1.29, 1.82) is 0 Å². The highest BCUT2D eigenvalue weighted by Crippen LogP contribution is 2.47. The SMILES string of the molecule is CCOC(=O)C(C(=O)c1cc(Cl)c(Cl)cc1C(=O)O)=P(c1ccccc1)(c1ccccc1)c1ccccc1. The van der Waals surface area contributed by atoms with Gasteiger partial charge in [0.2, 0.25) is 5.78 Å². The van der Waals surface area contributed by atoms with Crippen LogP contribution >= 0.6 is 30.1 Å². The molecule has 4 aromatic carbocycles. The summed E-state index contributed by atoms with van der Waals surface area (Å²) in [6, 6.07) is 30.1. The van der Waals surface area contributed by atoms with E-state index in [0.717, 1.165) is 22.0 Å². The molecule has 0 aromatic heterocycles. The number of esters is 1. The first kappa shape index (κ1) is 27.4. The van der Waals surface area contributed by atoms with E-state index >= 15 is 0 Å².